The third kappa shape index (κ3) is 4.99. The van der Waals surface area contributed by atoms with Gasteiger partial charge in [0.1, 0.15) is 0 Å². The van der Waals surface area contributed by atoms with E-state index in [1.54, 1.807) is 20.3 Å². The van der Waals surface area contributed by atoms with Gasteiger partial charge in [-0.1, -0.05) is 30.3 Å². The zero-order valence-corrected chi connectivity index (χ0v) is 14.0. The maximum Gasteiger partial charge on any atom is 0.307 e. The minimum absolute atomic E-state index is 0.0334. The Hall–Kier alpha value is -2.53. The van der Waals surface area contributed by atoms with Gasteiger partial charge in [0.05, 0.1) is 20.6 Å². The second-order valence-electron chi connectivity index (χ2n) is 5.46. The van der Waals surface area contributed by atoms with E-state index in [1.165, 1.54) is 5.56 Å². The number of benzene rings is 2. The summed E-state index contributed by atoms with van der Waals surface area (Å²) >= 11 is 0. The summed E-state index contributed by atoms with van der Waals surface area (Å²) in [4.78, 5) is 11.1. The normalized spacial score (nSPS) is 10.4. The molecule has 0 aliphatic carbocycles. The molecule has 0 heterocycles. The van der Waals surface area contributed by atoms with Crippen LogP contribution in [-0.2, 0) is 24.2 Å². The summed E-state index contributed by atoms with van der Waals surface area (Å²) in [6.07, 6.45) is 0.685. The molecule has 0 amide bonds. The van der Waals surface area contributed by atoms with E-state index in [1.807, 2.05) is 24.3 Å². The predicted molar refractivity (Wildman–Crippen MR) is 92.7 cm³/mol. The Morgan fingerprint density at radius 1 is 1.04 bits per heavy atom. The quantitative estimate of drug-likeness (QED) is 0.692. The number of carbonyl (C=O) groups is 1. The molecule has 0 saturated heterocycles. The lowest BCUT2D eigenvalue weighted by molar-refractivity contribution is -0.136. The van der Waals surface area contributed by atoms with Crippen LogP contribution in [-0.4, -0.2) is 31.8 Å². The molecule has 0 aromatic heterocycles. The highest BCUT2D eigenvalue weighted by molar-refractivity contribution is 5.71. The zero-order valence-electron chi connectivity index (χ0n) is 14.0. The molecule has 5 heteroatoms. The minimum Gasteiger partial charge on any atom is -0.493 e. The summed E-state index contributed by atoms with van der Waals surface area (Å²) in [6, 6.07) is 13.8. The fourth-order valence-electron chi connectivity index (χ4n) is 2.58. The van der Waals surface area contributed by atoms with Crippen LogP contribution in [0.25, 0.3) is 0 Å². The first-order chi connectivity index (χ1) is 11.6. The highest BCUT2D eigenvalue weighted by Crippen LogP contribution is 2.31. The van der Waals surface area contributed by atoms with Crippen molar-refractivity contribution >= 4 is 5.97 Å². The number of rotatable bonds is 9. The number of carboxylic acid groups (broad SMARTS) is 1. The third-order valence-corrected chi connectivity index (χ3v) is 3.79. The molecule has 0 saturated carbocycles. The van der Waals surface area contributed by atoms with Crippen molar-refractivity contribution < 1.29 is 19.4 Å². The molecule has 2 aromatic carbocycles. The van der Waals surface area contributed by atoms with Crippen LogP contribution in [0.3, 0.4) is 0 Å². The number of methoxy groups -OCH3 is 2. The molecule has 0 bridgehead atoms. The van der Waals surface area contributed by atoms with Gasteiger partial charge in [-0.2, -0.15) is 0 Å². The van der Waals surface area contributed by atoms with Crippen LogP contribution in [0.15, 0.2) is 42.5 Å². The molecule has 2 aromatic rings. The molecule has 2 rings (SSSR count). The molecule has 0 radical (unpaired) electrons. The zero-order chi connectivity index (χ0) is 17.4. The van der Waals surface area contributed by atoms with Gasteiger partial charge in [0, 0.05) is 6.54 Å². The van der Waals surface area contributed by atoms with Crippen LogP contribution in [0.4, 0.5) is 0 Å². The molecule has 0 fully saturated rings. The predicted octanol–water partition coefficient (Wildman–Crippen LogP) is 2.66. The minimum atomic E-state index is -0.860. The average Bonchev–Trinajstić information content (AvgIpc) is 2.59. The lowest BCUT2D eigenvalue weighted by Crippen LogP contribution is -2.17. The van der Waals surface area contributed by atoms with Crippen LogP contribution in [0.2, 0.25) is 0 Å². The van der Waals surface area contributed by atoms with Gasteiger partial charge in [-0.15, -0.1) is 0 Å². The molecule has 128 valence electrons. The smallest absolute Gasteiger partial charge is 0.307 e. The summed E-state index contributed by atoms with van der Waals surface area (Å²) in [7, 11) is 3.12. The van der Waals surface area contributed by atoms with Crippen LogP contribution < -0.4 is 14.8 Å². The van der Waals surface area contributed by atoms with Crippen LogP contribution in [0.5, 0.6) is 11.5 Å². The Bertz CT molecular complexity index is 671. The summed E-state index contributed by atoms with van der Waals surface area (Å²) in [5.74, 6) is 0.306. The lowest BCUT2D eigenvalue weighted by atomic mass is 10.0. The standard InChI is InChI=1S/C19H23NO4/c1-23-17-10-15(16(12-19(21)22)11-18(17)24-2)8-9-20-13-14-6-4-3-5-7-14/h3-7,10-11,20H,8-9,12-13H2,1-2H3,(H,21,22). The van der Waals surface area contributed by atoms with Crippen molar-refractivity contribution in [2.45, 2.75) is 19.4 Å². The van der Waals surface area contributed by atoms with Crippen molar-refractivity contribution in [3.05, 3.63) is 59.2 Å². The van der Waals surface area contributed by atoms with Gasteiger partial charge in [0.2, 0.25) is 0 Å². The Kier molecular flexibility index (Phi) is 6.63. The highest BCUT2D eigenvalue weighted by Gasteiger charge is 2.13. The summed E-state index contributed by atoms with van der Waals surface area (Å²) in [5.41, 5.74) is 2.92. The first kappa shape index (κ1) is 17.8. The number of hydrogen-bond donors (Lipinski definition) is 2. The Labute approximate surface area is 142 Å². The Balaban J connectivity index is 2.05. The summed E-state index contributed by atoms with van der Waals surface area (Å²) < 4.78 is 10.6. The van der Waals surface area contributed by atoms with Crippen molar-refractivity contribution in [2.75, 3.05) is 20.8 Å². The molecule has 0 aliphatic heterocycles. The van der Waals surface area contributed by atoms with Crippen molar-refractivity contribution in [2.24, 2.45) is 0 Å². The van der Waals surface area contributed by atoms with Gasteiger partial charge in [0.15, 0.2) is 11.5 Å². The maximum atomic E-state index is 11.1. The third-order valence-electron chi connectivity index (χ3n) is 3.79. The molecule has 0 spiro atoms. The average molecular weight is 329 g/mol. The van der Waals surface area contributed by atoms with E-state index in [4.69, 9.17) is 14.6 Å². The first-order valence-corrected chi connectivity index (χ1v) is 7.84. The lowest BCUT2D eigenvalue weighted by Gasteiger charge is -2.14. The molecular weight excluding hydrogens is 306 g/mol. The largest absolute Gasteiger partial charge is 0.493 e. The van der Waals surface area contributed by atoms with Crippen molar-refractivity contribution in [3.8, 4) is 11.5 Å². The molecule has 0 atom stereocenters. The van der Waals surface area contributed by atoms with E-state index in [0.717, 1.165) is 30.6 Å². The van der Waals surface area contributed by atoms with Crippen molar-refractivity contribution in [1.29, 1.82) is 0 Å². The van der Waals surface area contributed by atoms with Crippen molar-refractivity contribution in [3.63, 3.8) is 0 Å². The monoisotopic (exact) mass is 329 g/mol. The van der Waals surface area contributed by atoms with E-state index in [2.05, 4.69) is 17.4 Å². The molecule has 0 unspecified atom stereocenters. The molecular formula is C19H23NO4. The first-order valence-electron chi connectivity index (χ1n) is 7.84. The second-order valence-corrected chi connectivity index (χ2v) is 5.46. The molecule has 5 nitrogen and oxygen atoms in total. The Morgan fingerprint density at radius 3 is 2.25 bits per heavy atom. The topological polar surface area (TPSA) is 67.8 Å². The van der Waals surface area contributed by atoms with E-state index in [9.17, 15) is 4.79 Å². The van der Waals surface area contributed by atoms with Gasteiger partial charge >= 0.3 is 5.97 Å². The number of carboxylic acids is 1. The fourth-order valence-corrected chi connectivity index (χ4v) is 2.58. The maximum absolute atomic E-state index is 11.1. The van der Waals surface area contributed by atoms with Gasteiger partial charge in [-0.25, -0.2) is 0 Å². The van der Waals surface area contributed by atoms with Crippen LogP contribution in [0.1, 0.15) is 16.7 Å². The number of aliphatic carboxylic acids is 1. The fraction of sp³-hybridized carbons (Fsp3) is 0.316. The Morgan fingerprint density at radius 2 is 1.67 bits per heavy atom. The van der Waals surface area contributed by atoms with E-state index in [-0.39, 0.29) is 6.42 Å². The van der Waals surface area contributed by atoms with Crippen molar-refractivity contribution in [1.82, 2.24) is 5.32 Å². The molecule has 24 heavy (non-hydrogen) atoms. The number of ether oxygens (including phenoxy) is 2. The van der Waals surface area contributed by atoms with Gasteiger partial charge in [-0.05, 0) is 41.8 Å². The van der Waals surface area contributed by atoms with E-state index in [0.29, 0.717) is 11.5 Å². The van der Waals surface area contributed by atoms with Gasteiger partial charge in [0.25, 0.3) is 0 Å². The summed E-state index contributed by atoms with van der Waals surface area (Å²) in [6.45, 7) is 1.53. The summed E-state index contributed by atoms with van der Waals surface area (Å²) in [5, 5.41) is 12.5. The SMILES string of the molecule is COc1cc(CCNCc2ccccc2)c(CC(=O)O)cc1OC. The van der Waals surface area contributed by atoms with Crippen LogP contribution in [0, 0.1) is 0 Å². The molecule has 0 aliphatic rings. The van der Waals surface area contributed by atoms with Gasteiger partial charge in [-0.3, -0.25) is 4.79 Å². The number of hydrogen-bond acceptors (Lipinski definition) is 4. The van der Waals surface area contributed by atoms with Gasteiger partial charge < -0.3 is 19.9 Å². The highest BCUT2D eigenvalue weighted by atomic mass is 16.5. The molecule has 2 N–H and O–H groups in total. The van der Waals surface area contributed by atoms with E-state index >= 15 is 0 Å². The van der Waals surface area contributed by atoms with E-state index < -0.39 is 5.97 Å². The van der Waals surface area contributed by atoms with Crippen LogP contribution >= 0.6 is 0 Å². The second kappa shape index (κ2) is 8.93. The number of nitrogens with one attached hydrogen (secondary N) is 1.